The number of hydrogen-bond acceptors (Lipinski definition) is 1. The Hall–Kier alpha value is -0.530. The minimum Gasteiger partial charge on any atom is -0.356 e. The van der Waals surface area contributed by atoms with E-state index in [1.165, 1.54) is 25.7 Å². The van der Waals surface area contributed by atoms with Gasteiger partial charge in [0.25, 0.3) is 0 Å². The number of carbonyl (C=O) groups is 1. The minimum atomic E-state index is 0.0809. The Balaban J connectivity index is 3.21. The molecule has 0 spiro atoms. The molecule has 0 aromatic heterocycles. The van der Waals surface area contributed by atoms with Crippen molar-refractivity contribution in [1.82, 2.24) is 5.32 Å². The Morgan fingerprint density at radius 3 is 2.58 bits per heavy atom. The van der Waals surface area contributed by atoms with E-state index in [4.69, 9.17) is 0 Å². The fourth-order valence-corrected chi connectivity index (χ4v) is 1.16. The lowest BCUT2D eigenvalue weighted by molar-refractivity contribution is -0.119. The van der Waals surface area contributed by atoms with Crippen molar-refractivity contribution in [2.45, 2.75) is 46.5 Å². The Labute approximate surface area is 75.7 Å². The zero-order valence-corrected chi connectivity index (χ0v) is 8.52. The molecule has 0 heterocycles. The molecule has 1 amide bonds. The van der Waals surface area contributed by atoms with E-state index in [0.717, 1.165) is 6.54 Å². The molecule has 0 saturated heterocycles. The molecule has 1 atom stereocenters. The van der Waals surface area contributed by atoms with E-state index in [1.54, 1.807) is 6.92 Å². The van der Waals surface area contributed by atoms with Gasteiger partial charge in [-0.25, -0.2) is 0 Å². The number of rotatable bonds is 6. The molecule has 0 aliphatic carbocycles. The van der Waals surface area contributed by atoms with Crippen LogP contribution in [0.4, 0.5) is 0 Å². The van der Waals surface area contributed by atoms with Gasteiger partial charge >= 0.3 is 0 Å². The van der Waals surface area contributed by atoms with Crippen molar-refractivity contribution >= 4 is 5.91 Å². The second kappa shape index (κ2) is 7.14. The van der Waals surface area contributed by atoms with Crippen LogP contribution in [-0.4, -0.2) is 12.5 Å². The van der Waals surface area contributed by atoms with E-state index in [0.29, 0.717) is 5.92 Å². The maximum Gasteiger partial charge on any atom is 0.216 e. The summed E-state index contributed by atoms with van der Waals surface area (Å²) >= 11 is 0. The van der Waals surface area contributed by atoms with Gasteiger partial charge in [0.1, 0.15) is 0 Å². The highest BCUT2D eigenvalue weighted by atomic mass is 16.1. The fourth-order valence-electron chi connectivity index (χ4n) is 1.16. The molecular formula is C10H21NO. The molecule has 12 heavy (non-hydrogen) atoms. The smallest absolute Gasteiger partial charge is 0.216 e. The van der Waals surface area contributed by atoms with Gasteiger partial charge in [-0.15, -0.1) is 0 Å². The maximum absolute atomic E-state index is 10.6. The Morgan fingerprint density at radius 2 is 2.08 bits per heavy atom. The molecule has 0 aromatic rings. The van der Waals surface area contributed by atoms with Crippen LogP contribution in [0, 0.1) is 5.92 Å². The van der Waals surface area contributed by atoms with Gasteiger partial charge in [-0.3, -0.25) is 4.79 Å². The summed E-state index contributed by atoms with van der Waals surface area (Å²) < 4.78 is 0. The maximum atomic E-state index is 10.6. The molecule has 0 aliphatic heterocycles. The minimum absolute atomic E-state index is 0.0809. The summed E-state index contributed by atoms with van der Waals surface area (Å²) in [7, 11) is 0. The normalized spacial score (nSPS) is 12.6. The first-order valence-corrected chi connectivity index (χ1v) is 4.91. The van der Waals surface area contributed by atoms with Gasteiger partial charge < -0.3 is 5.32 Å². The predicted molar refractivity (Wildman–Crippen MR) is 52.0 cm³/mol. The average molecular weight is 171 g/mol. The van der Waals surface area contributed by atoms with Gasteiger partial charge in [-0.1, -0.05) is 33.1 Å². The average Bonchev–Trinajstić information content (AvgIpc) is 2.01. The molecule has 1 N–H and O–H groups in total. The van der Waals surface area contributed by atoms with Crippen LogP contribution < -0.4 is 5.32 Å². The monoisotopic (exact) mass is 171 g/mol. The van der Waals surface area contributed by atoms with Crippen molar-refractivity contribution in [1.29, 1.82) is 0 Å². The summed E-state index contributed by atoms with van der Waals surface area (Å²) in [6.45, 7) is 6.79. The molecule has 1 unspecified atom stereocenters. The van der Waals surface area contributed by atoms with Gasteiger partial charge in [0.05, 0.1) is 0 Å². The molecule has 0 fully saturated rings. The molecule has 0 rings (SSSR count). The quantitative estimate of drug-likeness (QED) is 0.611. The van der Waals surface area contributed by atoms with Crippen molar-refractivity contribution < 1.29 is 4.79 Å². The third-order valence-corrected chi connectivity index (χ3v) is 2.00. The summed E-state index contributed by atoms with van der Waals surface area (Å²) in [5.74, 6) is 0.706. The molecule has 0 saturated carbocycles. The number of carbonyl (C=O) groups excluding carboxylic acids is 1. The highest BCUT2D eigenvalue weighted by Crippen LogP contribution is 2.07. The van der Waals surface area contributed by atoms with E-state index in [9.17, 15) is 4.79 Å². The summed E-state index contributed by atoms with van der Waals surface area (Å²) in [5, 5.41) is 2.83. The SMILES string of the molecule is CCCCCC(C)CNC(C)=O. The summed E-state index contributed by atoms with van der Waals surface area (Å²) in [5.41, 5.74) is 0. The van der Waals surface area contributed by atoms with Gasteiger partial charge in [0, 0.05) is 13.5 Å². The van der Waals surface area contributed by atoms with Crippen LogP contribution in [0.3, 0.4) is 0 Å². The second-order valence-electron chi connectivity index (χ2n) is 3.54. The molecule has 0 aromatic carbocycles. The van der Waals surface area contributed by atoms with Crippen molar-refractivity contribution in [3.8, 4) is 0 Å². The van der Waals surface area contributed by atoms with E-state index in [-0.39, 0.29) is 5.91 Å². The molecule has 0 radical (unpaired) electrons. The molecule has 0 aliphatic rings. The Bertz CT molecular complexity index is 123. The highest BCUT2D eigenvalue weighted by Gasteiger charge is 2.01. The molecule has 2 heteroatoms. The van der Waals surface area contributed by atoms with E-state index in [2.05, 4.69) is 19.2 Å². The highest BCUT2D eigenvalue weighted by molar-refractivity contribution is 5.72. The van der Waals surface area contributed by atoms with Crippen LogP contribution in [0.5, 0.6) is 0 Å². The fraction of sp³-hybridized carbons (Fsp3) is 0.900. The van der Waals surface area contributed by atoms with Crippen molar-refractivity contribution in [3.63, 3.8) is 0 Å². The topological polar surface area (TPSA) is 29.1 Å². The zero-order valence-electron chi connectivity index (χ0n) is 8.52. The third kappa shape index (κ3) is 7.58. The lowest BCUT2D eigenvalue weighted by Gasteiger charge is -2.10. The van der Waals surface area contributed by atoms with Gasteiger partial charge in [0.15, 0.2) is 0 Å². The second-order valence-corrected chi connectivity index (χ2v) is 3.54. The Morgan fingerprint density at radius 1 is 1.42 bits per heavy atom. The van der Waals surface area contributed by atoms with Crippen LogP contribution in [0.15, 0.2) is 0 Å². The van der Waals surface area contributed by atoms with Crippen LogP contribution in [0.2, 0.25) is 0 Å². The molecule has 0 bridgehead atoms. The van der Waals surface area contributed by atoms with Gasteiger partial charge in [0.2, 0.25) is 5.91 Å². The van der Waals surface area contributed by atoms with Crippen molar-refractivity contribution in [2.75, 3.05) is 6.54 Å². The van der Waals surface area contributed by atoms with E-state index >= 15 is 0 Å². The first-order valence-electron chi connectivity index (χ1n) is 4.91. The van der Waals surface area contributed by atoms with Gasteiger partial charge in [-0.05, 0) is 12.3 Å². The number of hydrogen-bond donors (Lipinski definition) is 1. The van der Waals surface area contributed by atoms with Crippen LogP contribution in [0.25, 0.3) is 0 Å². The first-order chi connectivity index (χ1) is 5.66. The lowest BCUT2D eigenvalue weighted by atomic mass is 10.0. The van der Waals surface area contributed by atoms with E-state index in [1.807, 2.05) is 0 Å². The third-order valence-electron chi connectivity index (χ3n) is 2.00. The molecular weight excluding hydrogens is 150 g/mol. The van der Waals surface area contributed by atoms with Gasteiger partial charge in [-0.2, -0.15) is 0 Å². The first kappa shape index (κ1) is 11.5. The van der Waals surface area contributed by atoms with Crippen molar-refractivity contribution in [3.05, 3.63) is 0 Å². The number of amides is 1. The lowest BCUT2D eigenvalue weighted by Crippen LogP contribution is -2.25. The van der Waals surface area contributed by atoms with E-state index < -0.39 is 0 Å². The van der Waals surface area contributed by atoms with Crippen molar-refractivity contribution in [2.24, 2.45) is 5.92 Å². The van der Waals surface area contributed by atoms with Crippen LogP contribution in [0.1, 0.15) is 46.5 Å². The number of unbranched alkanes of at least 4 members (excludes halogenated alkanes) is 2. The molecule has 72 valence electrons. The standard InChI is InChI=1S/C10H21NO/c1-4-5-6-7-9(2)8-11-10(3)12/h9H,4-8H2,1-3H3,(H,11,12). The Kier molecular flexibility index (Phi) is 6.82. The van der Waals surface area contributed by atoms with Crippen LogP contribution in [-0.2, 0) is 4.79 Å². The zero-order chi connectivity index (χ0) is 9.40. The predicted octanol–water partition coefficient (Wildman–Crippen LogP) is 2.34. The molecule has 2 nitrogen and oxygen atoms in total. The summed E-state index contributed by atoms with van der Waals surface area (Å²) in [6, 6.07) is 0. The largest absolute Gasteiger partial charge is 0.356 e. The summed E-state index contributed by atoms with van der Waals surface area (Å²) in [4.78, 5) is 10.6. The summed E-state index contributed by atoms with van der Waals surface area (Å²) in [6.07, 6.45) is 5.10. The number of nitrogens with one attached hydrogen (secondary N) is 1. The van der Waals surface area contributed by atoms with Crippen LogP contribution >= 0.6 is 0 Å².